The summed E-state index contributed by atoms with van der Waals surface area (Å²) in [6.45, 7) is 2.09. The second-order valence-corrected chi connectivity index (χ2v) is 4.48. The Labute approximate surface area is 111 Å². The van der Waals surface area contributed by atoms with E-state index >= 15 is 0 Å². The molecule has 0 aliphatic carbocycles. The Morgan fingerprint density at radius 1 is 1.39 bits per heavy atom. The maximum atomic E-state index is 9.39. The Hall–Kier alpha value is -1.52. The van der Waals surface area contributed by atoms with Gasteiger partial charge in [0.05, 0.1) is 12.3 Å². The van der Waals surface area contributed by atoms with Gasteiger partial charge in [0.2, 0.25) is 0 Å². The molecule has 96 valence electrons. The molecule has 1 aromatic heterocycles. The van der Waals surface area contributed by atoms with Gasteiger partial charge in [0.15, 0.2) is 0 Å². The first-order valence-corrected chi connectivity index (χ1v) is 6.02. The molecular formula is C13H15ClN2O2. The summed E-state index contributed by atoms with van der Waals surface area (Å²) in [5.41, 5.74) is 0.863. The van der Waals surface area contributed by atoms with Gasteiger partial charge in [0.25, 0.3) is 0 Å². The highest BCUT2D eigenvalue weighted by Gasteiger charge is 2.05. The van der Waals surface area contributed by atoms with Gasteiger partial charge in [-0.2, -0.15) is 0 Å². The third-order valence-corrected chi connectivity index (χ3v) is 3.11. The first-order chi connectivity index (χ1) is 8.58. The number of aromatic nitrogens is 2. The predicted molar refractivity (Wildman–Crippen MR) is 69.6 cm³/mol. The van der Waals surface area contributed by atoms with Gasteiger partial charge in [0.1, 0.15) is 23.3 Å². The number of benzene rings is 1. The highest BCUT2D eigenvalue weighted by molar-refractivity contribution is 6.29. The van der Waals surface area contributed by atoms with E-state index < -0.39 is 6.10 Å². The first-order valence-electron chi connectivity index (χ1n) is 5.65. The van der Waals surface area contributed by atoms with Crippen molar-refractivity contribution in [2.75, 3.05) is 0 Å². The van der Waals surface area contributed by atoms with E-state index in [-0.39, 0.29) is 0 Å². The summed E-state index contributed by atoms with van der Waals surface area (Å²) < 4.78 is 7.37. The topological polar surface area (TPSA) is 47.3 Å². The molecule has 0 saturated carbocycles. The summed E-state index contributed by atoms with van der Waals surface area (Å²) in [7, 11) is 1.84. The number of aliphatic hydroxyl groups excluding tert-OH is 1. The second-order valence-electron chi connectivity index (χ2n) is 4.09. The SMILES string of the molecule is C[C@H](O)c1ccc(OCc2ncc(Cl)n2C)cc1. The molecule has 0 amide bonds. The number of ether oxygens (including phenoxy) is 1. The molecule has 2 aromatic rings. The molecule has 18 heavy (non-hydrogen) atoms. The second kappa shape index (κ2) is 5.42. The largest absolute Gasteiger partial charge is 0.486 e. The smallest absolute Gasteiger partial charge is 0.147 e. The first kappa shape index (κ1) is 12.9. The lowest BCUT2D eigenvalue weighted by atomic mass is 10.1. The van der Waals surface area contributed by atoms with Gasteiger partial charge in [-0.05, 0) is 24.6 Å². The molecule has 0 aliphatic rings. The zero-order valence-electron chi connectivity index (χ0n) is 10.3. The van der Waals surface area contributed by atoms with Crippen LogP contribution >= 0.6 is 11.6 Å². The number of aliphatic hydroxyl groups is 1. The van der Waals surface area contributed by atoms with Crippen molar-refractivity contribution in [3.05, 3.63) is 47.0 Å². The van der Waals surface area contributed by atoms with Crippen LogP contribution in [-0.2, 0) is 13.7 Å². The summed E-state index contributed by atoms with van der Waals surface area (Å²) in [6.07, 6.45) is 1.13. The summed E-state index contributed by atoms with van der Waals surface area (Å²) >= 11 is 5.88. The summed E-state index contributed by atoms with van der Waals surface area (Å²) in [5.74, 6) is 1.50. The zero-order valence-corrected chi connectivity index (χ0v) is 11.1. The maximum Gasteiger partial charge on any atom is 0.147 e. The fraction of sp³-hybridized carbons (Fsp3) is 0.308. The van der Waals surface area contributed by atoms with Crippen LogP contribution < -0.4 is 4.74 Å². The molecule has 0 spiro atoms. The van der Waals surface area contributed by atoms with Crippen molar-refractivity contribution in [1.82, 2.24) is 9.55 Å². The van der Waals surface area contributed by atoms with E-state index in [4.69, 9.17) is 16.3 Å². The van der Waals surface area contributed by atoms with Gasteiger partial charge < -0.3 is 14.4 Å². The standard InChI is InChI=1S/C13H15ClN2O2/c1-9(17)10-3-5-11(6-4-10)18-8-13-15-7-12(14)16(13)2/h3-7,9,17H,8H2,1-2H3/t9-/m0/s1. The minimum Gasteiger partial charge on any atom is -0.486 e. The third kappa shape index (κ3) is 2.83. The van der Waals surface area contributed by atoms with Crippen molar-refractivity contribution in [2.24, 2.45) is 7.05 Å². The molecule has 5 heteroatoms. The third-order valence-electron chi connectivity index (χ3n) is 2.76. The molecule has 1 N–H and O–H groups in total. The van der Waals surface area contributed by atoms with Crippen molar-refractivity contribution in [3.8, 4) is 5.75 Å². The predicted octanol–water partition coefficient (Wildman–Crippen LogP) is 2.71. The van der Waals surface area contributed by atoms with Gasteiger partial charge in [-0.15, -0.1) is 0 Å². The fourth-order valence-corrected chi connectivity index (χ4v) is 1.70. The van der Waals surface area contributed by atoms with Gasteiger partial charge in [0, 0.05) is 7.05 Å². The lowest BCUT2D eigenvalue weighted by Gasteiger charge is -2.08. The normalized spacial score (nSPS) is 12.4. The van der Waals surface area contributed by atoms with Gasteiger partial charge in [-0.3, -0.25) is 0 Å². The van der Waals surface area contributed by atoms with Crippen LogP contribution in [0.4, 0.5) is 0 Å². The number of hydrogen-bond donors (Lipinski definition) is 1. The van der Waals surface area contributed by atoms with E-state index in [1.807, 2.05) is 31.3 Å². The van der Waals surface area contributed by atoms with E-state index in [1.54, 1.807) is 17.7 Å². The Morgan fingerprint density at radius 3 is 2.56 bits per heavy atom. The average Bonchev–Trinajstić information content (AvgIpc) is 2.68. The molecule has 1 heterocycles. The Morgan fingerprint density at radius 2 is 2.06 bits per heavy atom. The Kier molecular flexibility index (Phi) is 3.89. The van der Waals surface area contributed by atoms with Gasteiger partial charge in [-0.25, -0.2) is 4.98 Å². The van der Waals surface area contributed by atoms with Crippen LogP contribution in [0.1, 0.15) is 24.4 Å². The minimum absolute atomic E-state index is 0.358. The minimum atomic E-state index is -0.465. The van der Waals surface area contributed by atoms with Crippen LogP contribution in [-0.4, -0.2) is 14.7 Å². The van der Waals surface area contributed by atoms with Gasteiger partial charge in [-0.1, -0.05) is 23.7 Å². The maximum absolute atomic E-state index is 9.39. The molecule has 4 nitrogen and oxygen atoms in total. The van der Waals surface area contributed by atoms with Crippen molar-refractivity contribution < 1.29 is 9.84 Å². The molecule has 0 saturated heterocycles. The number of imidazole rings is 1. The lowest BCUT2D eigenvalue weighted by molar-refractivity contribution is 0.199. The molecule has 0 bridgehead atoms. The zero-order chi connectivity index (χ0) is 13.1. The van der Waals surface area contributed by atoms with Crippen LogP contribution in [0.15, 0.2) is 30.5 Å². The van der Waals surface area contributed by atoms with E-state index in [1.165, 1.54) is 0 Å². The average molecular weight is 267 g/mol. The molecule has 0 unspecified atom stereocenters. The monoisotopic (exact) mass is 266 g/mol. The van der Waals surface area contributed by atoms with Crippen molar-refractivity contribution >= 4 is 11.6 Å². The highest BCUT2D eigenvalue weighted by Crippen LogP contribution is 2.18. The summed E-state index contributed by atoms with van der Waals surface area (Å²) in [4.78, 5) is 4.14. The molecule has 1 aromatic carbocycles. The van der Waals surface area contributed by atoms with Crippen LogP contribution in [0.2, 0.25) is 5.15 Å². The van der Waals surface area contributed by atoms with Crippen molar-refractivity contribution in [1.29, 1.82) is 0 Å². The number of rotatable bonds is 4. The quantitative estimate of drug-likeness (QED) is 0.926. The molecule has 2 rings (SSSR count). The molecule has 0 fully saturated rings. The van der Waals surface area contributed by atoms with Crippen molar-refractivity contribution in [3.63, 3.8) is 0 Å². The summed E-state index contributed by atoms with van der Waals surface area (Å²) in [5, 5.41) is 9.97. The van der Waals surface area contributed by atoms with E-state index in [2.05, 4.69) is 4.98 Å². The number of halogens is 1. The van der Waals surface area contributed by atoms with Crippen LogP contribution in [0.25, 0.3) is 0 Å². The van der Waals surface area contributed by atoms with Crippen LogP contribution in [0.5, 0.6) is 5.75 Å². The Bertz CT molecular complexity index is 520. The number of hydrogen-bond acceptors (Lipinski definition) is 3. The van der Waals surface area contributed by atoms with Gasteiger partial charge >= 0.3 is 0 Å². The molecule has 0 aliphatic heterocycles. The number of nitrogens with zero attached hydrogens (tertiary/aromatic N) is 2. The van der Waals surface area contributed by atoms with Crippen LogP contribution in [0.3, 0.4) is 0 Å². The van der Waals surface area contributed by atoms with Crippen LogP contribution in [0, 0.1) is 0 Å². The van der Waals surface area contributed by atoms with E-state index in [9.17, 15) is 5.11 Å². The lowest BCUT2D eigenvalue weighted by Crippen LogP contribution is -2.03. The van der Waals surface area contributed by atoms with Crippen molar-refractivity contribution in [2.45, 2.75) is 19.6 Å². The summed E-state index contributed by atoms with van der Waals surface area (Å²) in [6, 6.07) is 7.33. The molecule has 1 atom stereocenters. The molecular weight excluding hydrogens is 252 g/mol. The molecule has 0 radical (unpaired) electrons. The van der Waals surface area contributed by atoms with E-state index in [0.29, 0.717) is 11.8 Å². The highest BCUT2D eigenvalue weighted by atomic mass is 35.5. The Balaban J connectivity index is 2.00. The van der Waals surface area contributed by atoms with E-state index in [0.717, 1.165) is 17.1 Å². The fourth-order valence-electron chi connectivity index (χ4n) is 1.55.